The van der Waals surface area contributed by atoms with Crippen molar-refractivity contribution in [2.45, 2.75) is 30.6 Å². The number of sulfone groups is 1. The van der Waals surface area contributed by atoms with Crippen LogP contribution in [0.2, 0.25) is 10.0 Å². The average molecular weight is 308 g/mol. The van der Waals surface area contributed by atoms with E-state index < -0.39 is 21.1 Å². The van der Waals surface area contributed by atoms with Crippen LogP contribution in [0.5, 0.6) is 0 Å². The van der Waals surface area contributed by atoms with Crippen molar-refractivity contribution in [1.29, 1.82) is 0 Å². The second-order valence-electron chi connectivity index (χ2n) is 4.59. The summed E-state index contributed by atoms with van der Waals surface area (Å²) in [5, 5.41) is 0.424. The molecule has 3 nitrogen and oxygen atoms in total. The second kappa shape index (κ2) is 5.37. The molecule has 18 heavy (non-hydrogen) atoms. The molecular weight excluding hydrogens is 293 g/mol. The molecule has 0 aromatic heterocycles. The number of hydrogen-bond donors (Lipinski definition) is 1. The maximum atomic E-state index is 12.0. The first-order chi connectivity index (χ1) is 8.42. The van der Waals surface area contributed by atoms with Crippen molar-refractivity contribution < 1.29 is 8.42 Å². The molecule has 0 amide bonds. The molecule has 100 valence electrons. The van der Waals surface area contributed by atoms with Crippen molar-refractivity contribution >= 4 is 33.0 Å². The number of rotatable bonds is 2. The molecule has 0 bridgehead atoms. The van der Waals surface area contributed by atoms with Gasteiger partial charge < -0.3 is 5.73 Å². The van der Waals surface area contributed by atoms with Gasteiger partial charge in [-0.25, -0.2) is 8.42 Å². The van der Waals surface area contributed by atoms with Crippen LogP contribution >= 0.6 is 23.2 Å². The van der Waals surface area contributed by atoms with Gasteiger partial charge in [0.05, 0.1) is 11.0 Å². The summed E-state index contributed by atoms with van der Waals surface area (Å²) in [4.78, 5) is 0. The number of benzene rings is 1. The van der Waals surface area contributed by atoms with Crippen molar-refractivity contribution in [2.24, 2.45) is 5.73 Å². The first kappa shape index (κ1) is 14.1. The lowest BCUT2D eigenvalue weighted by molar-refractivity contribution is 0.505. The Hall–Kier alpha value is -0.290. The molecule has 6 heteroatoms. The third kappa shape index (κ3) is 2.82. The Bertz CT molecular complexity index is 545. The molecule has 0 saturated carbocycles. The minimum Gasteiger partial charge on any atom is -0.323 e. The van der Waals surface area contributed by atoms with E-state index in [0.29, 0.717) is 22.0 Å². The van der Waals surface area contributed by atoms with E-state index in [4.69, 9.17) is 28.9 Å². The molecule has 1 aliphatic rings. The summed E-state index contributed by atoms with van der Waals surface area (Å²) >= 11 is 12.0. The highest BCUT2D eigenvalue weighted by atomic mass is 35.5. The quantitative estimate of drug-likeness (QED) is 0.913. The molecule has 0 aliphatic carbocycles. The van der Waals surface area contributed by atoms with Gasteiger partial charge in [-0.1, -0.05) is 29.6 Å². The average Bonchev–Trinajstić information content (AvgIpc) is 2.31. The Labute approximate surface area is 117 Å². The Morgan fingerprint density at radius 1 is 1.28 bits per heavy atom. The summed E-state index contributed by atoms with van der Waals surface area (Å²) in [6, 6.07) is 4.35. The molecule has 1 aromatic carbocycles. The zero-order valence-electron chi connectivity index (χ0n) is 9.77. The minimum absolute atomic E-state index is 0.212. The summed E-state index contributed by atoms with van der Waals surface area (Å²) < 4.78 is 24.1. The van der Waals surface area contributed by atoms with Crippen LogP contribution in [0.25, 0.3) is 0 Å². The highest BCUT2D eigenvalue weighted by Crippen LogP contribution is 2.33. The van der Waals surface area contributed by atoms with Gasteiger partial charge in [0.1, 0.15) is 0 Å². The predicted octanol–water partition coefficient (Wildman–Crippen LogP) is 2.96. The van der Waals surface area contributed by atoms with Gasteiger partial charge >= 0.3 is 0 Å². The van der Waals surface area contributed by atoms with Crippen LogP contribution in [0, 0.1) is 0 Å². The number of hydrogen-bond acceptors (Lipinski definition) is 3. The first-order valence-corrected chi connectivity index (χ1v) is 8.31. The molecule has 1 aromatic rings. The topological polar surface area (TPSA) is 60.2 Å². The first-order valence-electron chi connectivity index (χ1n) is 5.84. The van der Waals surface area contributed by atoms with E-state index >= 15 is 0 Å². The standard InChI is InChI=1S/C12H15Cl2NO2S/c13-8-4-5-10(14)9(7-8)12(15)11-3-1-2-6-18(11,16)17/h4-5,7,11-12H,1-3,6,15H2. The molecule has 0 spiro atoms. The van der Waals surface area contributed by atoms with Crippen molar-refractivity contribution in [3.63, 3.8) is 0 Å². The van der Waals surface area contributed by atoms with Crippen molar-refractivity contribution in [2.75, 3.05) is 5.75 Å². The number of halogens is 2. The fourth-order valence-corrected chi connectivity index (χ4v) is 4.81. The van der Waals surface area contributed by atoms with Crippen molar-refractivity contribution in [1.82, 2.24) is 0 Å². The van der Waals surface area contributed by atoms with Crippen LogP contribution in [0.3, 0.4) is 0 Å². The fourth-order valence-electron chi connectivity index (χ4n) is 2.35. The SMILES string of the molecule is NC(c1cc(Cl)ccc1Cl)C1CCCCS1(=O)=O. The van der Waals surface area contributed by atoms with Crippen molar-refractivity contribution in [3.05, 3.63) is 33.8 Å². The third-order valence-corrected chi connectivity index (χ3v) is 6.23. The van der Waals surface area contributed by atoms with Gasteiger partial charge in [0.2, 0.25) is 0 Å². The van der Waals surface area contributed by atoms with Gasteiger partial charge in [-0.15, -0.1) is 0 Å². The second-order valence-corrected chi connectivity index (χ2v) is 7.78. The van der Waals surface area contributed by atoms with Gasteiger partial charge in [-0.3, -0.25) is 0 Å². The zero-order valence-corrected chi connectivity index (χ0v) is 12.1. The predicted molar refractivity (Wildman–Crippen MR) is 74.8 cm³/mol. The van der Waals surface area contributed by atoms with E-state index in [1.807, 2.05) is 0 Å². The highest BCUT2D eigenvalue weighted by molar-refractivity contribution is 7.92. The van der Waals surface area contributed by atoms with Crippen LogP contribution in [0.1, 0.15) is 30.9 Å². The van der Waals surface area contributed by atoms with E-state index in [1.54, 1.807) is 18.2 Å². The van der Waals surface area contributed by atoms with Gasteiger partial charge in [0.15, 0.2) is 9.84 Å². The lowest BCUT2D eigenvalue weighted by atomic mass is 10.0. The fraction of sp³-hybridized carbons (Fsp3) is 0.500. The van der Waals surface area contributed by atoms with E-state index in [-0.39, 0.29) is 5.75 Å². The summed E-state index contributed by atoms with van der Waals surface area (Å²) in [5.41, 5.74) is 6.70. The smallest absolute Gasteiger partial charge is 0.155 e. The molecule has 2 rings (SSSR count). The zero-order chi connectivity index (χ0) is 13.3. The number of nitrogens with two attached hydrogens (primary N) is 1. The summed E-state index contributed by atoms with van der Waals surface area (Å²) in [5.74, 6) is 0.212. The largest absolute Gasteiger partial charge is 0.323 e. The summed E-state index contributed by atoms with van der Waals surface area (Å²) in [6.45, 7) is 0. The Morgan fingerprint density at radius 2 is 2.00 bits per heavy atom. The van der Waals surface area contributed by atoms with Crippen LogP contribution < -0.4 is 5.73 Å². The molecule has 0 radical (unpaired) electrons. The minimum atomic E-state index is -3.13. The maximum absolute atomic E-state index is 12.0. The Kier molecular flexibility index (Phi) is 4.22. The highest BCUT2D eigenvalue weighted by Gasteiger charge is 2.35. The van der Waals surface area contributed by atoms with Gasteiger partial charge in [-0.05, 0) is 36.6 Å². The molecule has 1 aliphatic heterocycles. The molecule has 1 fully saturated rings. The van der Waals surface area contributed by atoms with Crippen LogP contribution in [0.4, 0.5) is 0 Å². The van der Waals surface area contributed by atoms with E-state index in [1.165, 1.54) is 0 Å². The normalized spacial score (nSPS) is 24.7. The molecule has 1 saturated heterocycles. The van der Waals surface area contributed by atoms with Crippen LogP contribution in [0.15, 0.2) is 18.2 Å². The molecule has 1 heterocycles. The van der Waals surface area contributed by atoms with E-state index in [9.17, 15) is 8.42 Å². The maximum Gasteiger partial charge on any atom is 0.155 e. The van der Waals surface area contributed by atoms with Crippen LogP contribution in [-0.2, 0) is 9.84 Å². The van der Waals surface area contributed by atoms with Gasteiger partial charge in [-0.2, -0.15) is 0 Å². The summed E-state index contributed by atoms with van der Waals surface area (Å²) in [7, 11) is -3.13. The monoisotopic (exact) mass is 307 g/mol. The third-order valence-electron chi connectivity index (χ3n) is 3.35. The lowest BCUT2D eigenvalue weighted by Crippen LogP contribution is -2.37. The van der Waals surface area contributed by atoms with Gasteiger partial charge in [0, 0.05) is 16.1 Å². The summed E-state index contributed by atoms with van der Waals surface area (Å²) in [6.07, 6.45) is 2.19. The molecule has 2 N–H and O–H groups in total. The van der Waals surface area contributed by atoms with Crippen LogP contribution in [-0.4, -0.2) is 19.4 Å². The molecule has 2 atom stereocenters. The molecular formula is C12H15Cl2NO2S. The Balaban J connectivity index is 2.35. The molecule has 2 unspecified atom stereocenters. The lowest BCUT2D eigenvalue weighted by Gasteiger charge is -2.28. The Morgan fingerprint density at radius 3 is 2.67 bits per heavy atom. The van der Waals surface area contributed by atoms with Crippen molar-refractivity contribution in [3.8, 4) is 0 Å². The van der Waals surface area contributed by atoms with Gasteiger partial charge in [0.25, 0.3) is 0 Å². The van der Waals surface area contributed by atoms with E-state index in [0.717, 1.165) is 12.8 Å². The van der Waals surface area contributed by atoms with E-state index in [2.05, 4.69) is 0 Å².